The fourth-order valence-corrected chi connectivity index (χ4v) is 3.75. The Balaban J connectivity index is 2.59. The van der Waals surface area contributed by atoms with Crippen LogP contribution in [0.5, 0.6) is 0 Å². The highest BCUT2D eigenvalue weighted by molar-refractivity contribution is 7.86. The Labute approximate surface area is 126 Å². The van der Waals surface area contributed by atoms with Gasteiger partial charge in [0.2, 0.25) is 0 Å². The van der Waals surface area contributed by atoms with Crippen LogP contribution in [-0.2, 0) is 20.2 Å². The molecule has 0 spiro atoms. The van der Waals surface area contributed by atoms with Crippen molar-refractivity contribution in [3.8, 4) is 0 Å². The first-order valence-electron chi connectivity index (χ1n) is 6.08. The Bertz CT molecular complexity index is 1020. The minimum Gasteiger partial charge on any atom is -0.282 e. The quantitative estimate of drug-likeness (QED) is 0.695. The molecule has 0 atom stereocenters. The summed E-state index contributed by atoms with van der Waals surface area (Å²) in [6, 6.07) is 11.5. The van der Waals surface area contributed by atoms with Crippen molar-refractivity contribution in [3.05, 3.63) is 48.5 Å². The average molecular weight is 338 g/mol. The molecule has 6 aromatic carbocycles. The van der Waals surface area contributed by atoms with Gasteiger partial charge < -0.3 is 0 Å². The van der Waals surface area contributed by atoms with Crippen molar-refractivity contribution in [2.75, 3.05) is 0 Å². The van der Waals surface area contributed by atoms with Gasteiger partial charge in [-0.3, -0.25) is 9.11 Å². The van der Waals surface area contributed by atoms with Crippen LogP contribution in [0.25, 0.3) is 21.5 Å². The highest BCUT2D eigenvalue weighted by Gasteiger charge is 2.16. The standard InChI is InChI=1S/C14H10O6S2/c15-21(16,17)13-7-11-5-3-9(13)1-2-10-4-6-12(11)8-14(10)22(18,19)20/h1-8H,(H,15,16,17)(H,18,19,20). The lowest BCUT2D eigenvalue weighted by molar-refractivity contribution is 0.482. The molecule has 0 aliphatic rings. The topological polar surface area (TPSA) is 109 Å². The van der Waals surface area contributed by atoms with Gasteiger partial charge in [0, 0.05) is 0 Å². The zero-order chi connectivity index (χ0) is 16.1. The van der Waals surface area contributed by atoms with E-state index in [9.17, 15) is 25.9 Å². The van der Waals surface area contributed by atoms with Gasteiger partial charge in [0.25, 0.3) is 20.2 Å². The third-order valence-corrected chi connectivity index (χ3v) is 5.18. The second kappa shape index (κ2) is 4.75. The zero-order valence-electron chi connectivity index (χ0n) is 11.0. The summed E-state index contributed by atoms with van der Waals surface area (Å²) < 4.78 is 64.5. The van der Waals surface area contributed by atoms with E-state index in [0.29, 0.717) is 10.8 Å². The van der Waals surface area contributed by atoms with E-state index in [1.54, 1.807) is 12.1 Å². The minimum atomic E-state index is -4.42. The maximum Gasteiger partial charge on any atom is 0.295 e. The van der Waals surface area contributed by atoms with Gasteiger partial charge in [0.1, 0.15) is 9.79 Å². The maximum atomic E-state index is 11.5. The number of hydrogen-bond donors (Lipinski definition) is 2. The largest absolute Gasteiger partial charge is 0.295 e. The van der Waals surface area contributed by atoms with Gasteiger partial charge in [-0.15, -0.1) is 0 Å². The molecule has 6 nitrogen and oxygen atoms in total. The Morgan fingerprint density at radius 2 is 0.818 bits per heavy atom. The molecular formula is C14H10O6S2. The molecule has 0 aliphatic carbocycles. The Hall–Kier alpha value is -2.00. The molecule has 0 fully saturated rings. The van der Waals surface area contributed by atoms with Crippen molar-refractivity contribution < 1.29 is 25.9 Å². The molecule has 0 saturated heterocycles. The summed E-state index contributed by atoms with van der Waals surface area (Å²) in [6.45, 7) is 0. The van der Waals surface area contributed by atoms with Crippen LogP contribution < -0.4 is 0 Å². The molecule has 114 valence electrons. The van der Waals surface area contributed by atoms with Crippen LogP contribution in [0.3, 0.4) is 0 Å². The van der Waals surface area contributed by atoms with Crippen LogP contribution in [-0.4, -0.2) is 25.9 Å². The number of benzene rings is 2. The van der Waals surface area contributed by atoms with Crippen molar-refractivity contribution >= 4 is 41.8 Å². The van der Waals surface area contributed by atoms with E-state index < -0.39 is 20.2 Å². The van der Waals surface area contributed by atoms with Gasteiger partial charge in [-0.1, -0.05) is 36.4 Å². The van der Waals surface area contributed by atoms with E-state index in [1.165, 1.54) is 36.4 Å². The molecule has 2 N–H and O–H groups in total. The second-order valence-corrected chi connectivity index (χ2v) is 7.57. The van der Waals surface area contributed by atoms with Crippen LogP contribution in [0.2, 0.25) is 0 Å². The predicted octanol–water partition coefficient (Wildman–Crippen LogP) is 2.49. The SMILES string of the molecule is O=S(=O)(O)c1cc2ccc1ccc1ccc2cc1S(=O)(=O)O. The van der Waals surface area contributed by atoms with E-state index in [2.05, 4.69) is 0 Å². The molecule has 0 aliphatic heterocycles. The molecule has 4 bridgehead atoms. The summed E-state index contributed by atoms with van der Waals surface area (Å²) in [5.74, 6) is 0. The van der Waals surface area contributed by atoms with Gasteiger partial charge in [-0.2, -0.15) is 16.8 Å². The first-order chi connectivity index (χ1) is 10.2. The normalized spacial score (nSPS) is 12.8. The van der Waals surface area contributed by atoms with E-state index in [4.69, 9.17) is 0 Å². The van der Waals surface area contributed by atoms with E-state index in [-0.39, 0.29) is 20.6 Å². The van der Waals surface area contributed by atoms with E-state index in [1.807, 2.05) is 0 Å². The predicted molar refractivity (Wildman–Crippen MR) is 81.1 cm³/mol. The third kappa shape index (κ3) is 2.57. The Morgan fingerprint density at radius 3 is 1.09 bits per heavy atom. The molecule has 22 heavy (non-hydrogen) atoms. The highest BCUT2D eigenvalue weighted by atomic mass is 32.2. The minimum absolute atomic E-state index is 0.218. The first-order valence-corrected chi connectivity index (χ1v) is 8.96. The molecule has 6 rings (SSSR count). The van der Waals surface area contributed by atoms with Gasteiger partial charge in [-0.25, -0.2) is 0 Å². The van der Waals surface area contributed by atoms with Gasteiger partial charge in [0.05, 0.1) is 0 Å². The Morgan fingerprint density at radius 1 is 0.545 bits per heavy atom. The van der Waals surface area contributed by atoms with Gasteiger partial charge in [0.15, 0.2) is 0 Å². The lowest BCUT2D eigenvalue weighted by Crippen LogP contribution is -2.00. The van der Waals surface area contributed by atoms with Crippen molar-refractivity contribution in [2.45, 2.75) is 9.79 Å². The molecular weight excluding hydrogens is 328 g/mol. The van der Waals surface area contributed by atoms with Crippen molar-refractivity contribution in [3.63, 3.8) is 0 Å². The molecule has 0 radical (unpaired) electrons. The molecule has 0 saturated carbocycles. The van der Waals surface area contributed by atoms with Crippen LogP contribution in [0.1, 0.15) is 0 Å². The van der Waals surface area contributed by atoms with E-state index >= 15 is 0 Å². The molecule has 0 heterocycles. The average Bonchev–Trinajstić information content (AvgIpc) is 2.44. The number of rotatable bonds is 2. The fourth-order valence-electron chi connectivity index (χ4n) is 2.33. The molecule has 8 heteroatoms. The monoisotopic (exact) mass is 338 g/mol. The molecule has 0 unspecified atom stereocenters. The maximum absolute atomic E-state index is 11.5. The van der Waals surface area contributed by atoms with Crippen molar-refractivity contribution in [2.24, 2.45) is 0 Å². The van der Waals surface area contributed by atoms with Crippen molar-refractivity contribution in [1.82, 2.24) is 0 Å². The fraction of sp³-hybridized carbons (Fsp3) is 0. The van der Waals surface area contributed by atoms with Crippen LogP contribution >= 0.6 is 0 Å². The van der Waals surface area contributed by atoms with Crippen LogP contribution in [0, 0.1) is 0 Å². The summed E-state index contributed by atoms with van der Waals surface area (Å²) in [7, 11) is -8.83. The van der Waals surface area contributed by atoms with Crippen molar-refractivity contribution in [1.29, 1.82) is 0 Å². The number of hydrogen-bond acceptors (Lipinski definition) is 4. The molecule has 6 aromatic rings. The smallest absolute Gasteiger partial charge is 0.282 e. The summed E-state index contributed by atoms with van der Waals surface area (Å²) in [6.07, 6.45) is 0. The van der Waals surface area contributed by atoms with Gasteiger partial charge in [-0.05, 0) is 33.7 Å². The summed E-state index contributed by atoms with van der Waals surface area (Å²) >= 11 is 0. The van der Waals surface area contributed by atoms with E-state index in [0.717, 1.165) is 0 Å². The third-order valence-electron chi connectivity index (χ3n) is 3.36. The Kier molecular flexibility index (Phi) is 3.22. The molecule has 0 aromatic heterocycles. The van der Waals surface area contributed by atoms with Crippen LogP contribution in [0.4, 0.5) is 0 Å². The van der Waals surface area contributed by atoms with Gasteiger partial charge >= 0.3 is 0 Å². The summed E-state index contributed by atoms with van der Waals surface area (Å²) in [4.78, 5) is -0.533. The lowest BCUT2D eigenvalue weighted by Gasteiger charge is -2.06. The van der Waals surface area contributed by atoms with Crippen LogP contribution in [0.15, 0.2) is 58.3 Å². The second-order valence-electron chi connectivity index (χ2n) is 4.79. The zero-order valence-corrected chi connectivity index (χ0v) is 12.6. The summed E-state index contributed by atoms with van der Waals surface area (Å²) in [5.41, 5.74) is 0. The lowest BCUT2D eigenvalue weighted by atomic mass is 10.1. The summed E-state index contributed by atoms with van der Waals surface area (Å²) in [5, 5.41) is 1.25. The first kappa shape index (κ1) is 14.9. The molecule has 0 amide bonds. The highest BCUT2D eigenvalue weighted by Crippen LogP contribution is 2.27.